The summed E-state index contributed by atoms with van der Waals surface area (Å²) in [5.41, 5.74) is 16.4. The van der Waals surface area contributed by atoms with Crippen molar-refractivity contribution in [3.8, 4) is 0 Å². The van der Waals surface area contributed by atoms with Gasteiger partial charge in [-0.15, -0.1) is 0 Å². The third-order valence-electron chi connectivity index (χ3n) is 2.54. The molecule has 1 aliphatic rings. The van der Waals surface area contributed by atoms with E-state index in [0.29, 0.717) is 0 Å². The highest BCUT2D eigenvalue weighted by molar-refractivity contribution is 4.59. The number of unbranched alkanes of at least 4 members (excludes halogenated alkanes) is 1. The highest BCUT2D eigenvalue weighted by Crippen LogP contribution is 1.97. The molecule has 0 unspecified atom stereocenters. The average molecular weight is 245 g/mol. The molecule has 1 aliphatic heterocycles. The largest absolute Gasteiger partial charge is 0.330 e. The van der Waals surface area contributed by atoms with Crippen molar-refractivity contribution in [1.29, 1.82) is 0 Å². The van der Waals surface area contributed by atoms with Crippen molar-refractivity contribution in [1.82, 2.24) is 10.2 Å². The average Bonchev–Trinajstić information content (AvgIpc) is 3.20. The smallest absolute Gasteiger partial charge is 0.00772 e. The Morgan fingerprint density at radius 1 is 0.706 bits per heavy atom. The second-order valence-electron chi connectivity index (χ2n) is 4.37. The Bertz CT molecular complexity index is 130. The van der Waals surface area contributed by atoms with Gasteiger partial charge in [-0.1, -0.05) is 0 Å². The van der Waals surface area contributed by atoms with E-state index >= 15 is 0 Å². The van der Waals surface area contributed by atoms with Crippen LogP contribution in [0.1, 0.15) is 25.7 Å². The quantitative estimate of drug-likeness (QED) is 0.301. The molecule has 0 aromatic carbocycles. The summed E-state index contributed by atoms with van der Waals surface area (Å²) in [5.74, 6) is 0. The maximum absolute atomic E-state index is 5.49. The predicted molar refractivity (Wildman–Crippen MR) is 74.9 cm³/mol. The lowest BCUT2D eigenvalue weighted by molar-refractivity contribution is 0.265. The van der Waals surface area contributed by atoms with Crippen LogP contribution in [0.2, 0.25) is 0 Å². The fourth-order valence-corrected chi connectivity index (χ4v) is 1.44. The van der Waals surface area contributed by atoms with Crippen LogP contribution in [0.4, 0.5) is 0 Å². The fourth-order valence-electron chi connectivity index (χ4n) is 1.44. The molecule has 104 valence electrons. The molecule has 0 spiro atoms. The van der Waals surface area contributed by atoms with Gasteiger partial charge in [0.15, 0.2) is 0 Å². The molecule has 0 amide bonds. The number of nitrogens with two attached hydrogens (primary N) is 3. The lowest BCUT2D eigenvalue weighted by Crippen LogP contribution is -2.30. The summed E-state index contributed by atoms with van der Waals surface area (Å²) in [5, 5.41) is 3.00. The third kappa shape index (κ3) is 15.8. The second-order valence-corrected chi connectivity index (χ2v) is 4.37. The molecule has 7 N–H and O–H groups in total. The Hall–Kier alpha value is -0.200. The number of hydrogen-bond donors (Lipinski definition) is 4. The highest BCUT2D eigenvalue weighted by Gasteiger charge is 2.02. The topological polar surface area (TPSA) is 103 Å². The molecule has 1 heterocycles. The standard InChI is InChI=1S/C10H26N4.C2H5N/c11-5-1-2-8-14(9-3-6-12)10-4-7-13;1-2-3-1/h1-13H2;3H,1-2H2. The Kier molecular flexibility index (Phi) is 13.7. The van der Waals surface area contributed by atoms with Crippen LogP contribution in [0.3, 0.4) is 0 Å². The lowest BCUT2D eigenvalue weighted by Gasteiger charge is -2.21. The van der Waals surface area contributed by atoms with E-state index in [4.69, 9.17) is 17.2 Å². The van der Waals surface area contributed by atoms with Crippen LogP contribution in [-0.2, 0) is 0 Å². The molecule has 0 atom stereocenters. The monoisotopic (exact) mass is 245 g/mol. The molecule has 5 nitrogen and oxygen atoms in total. The van der Waals surface area contributed by atoms with Crippen molar-refractivity contribution in [3.63, 3.8) is 0 Å². The summed E-state index contributed by atoms with van der Waals surface area (Å²) in [6.07, 6.45) is 4.45. The van der Waals surface area contributed by atoms with Crippen molar-refractivity contribution < 1.29 is 0 Å². The van der Waals surface area contributed by atoms with Crippen LogP contribution in [0, 0.1) is 0 Å². The Morgan fingerprint density at radius 3 is 1.47 bits per heavy atom. The van der Waals surface area contributed by atoms with Crippen LogP contribution >= 0.6 is 0 Å². The van der Waals surface area contributed by atoms with E-state index in [1.807, 2.05) is 0 Å². The molecule has 0 aromatic rings. The van der Waals surface area contributed by atoms with E-state index in [1.165, 1.54) is 19.5 Å². The minimum atomic E-state index is 0.774. The van der Waals surface area contributed by atoms with Crippen LogP contribution in [0.25, 0.3) is 0 Å². The minimum absolute atomic E-state index is 0.774. The van der Waals surface area contributed by atoms with Gasteiger partial charge in [-0.2, -0.15) is 0 Å². The summed E-state index contributed by atoms with van der Waals surface area (Å²) >= 11 is 0. The van der Waals surface area contributed by atoms with Gasteiger partial charge >= 0.3 is 0 Å². The molecule has 17 heavy (non-hydrogen) atoms. The van der Waals surface area contributed by atoms with Crippen molar-refractivity contribution in [2.75, 3.05) is 52.4 Å². The van der Waals surface area contributed by atoms with E-state index < -0.39 is 0 Å². The van der Waals surface area contributed by atoms with Crippen LogP contribution < -0.4 is 22.5 Å². The minimum Gasteiger partial charge on any atom is -0.330 e. The Balaban J connectivity index is 0.000000728. The van der Waals surface area contributed by atoms with Crippen LogP contribution in [0.5, 0.6) is 0 Å². The summed E-state index contributed by atoms with van der Waals surface area (Å²) < 4.78 is 0. The molecule has 0 saturated carbocycles. The van der Waals surface area contributed by atoms with Gasteiger partial charge in [0.25, 0.3) is 0 Å². The van der Waals surface area contributed by atoms with E-state index in [1.54, 1.807) is 0 Å². The van der Waals surface area contributed by atoms with Crippen molar-refractivity contribution in [2.45, 2.75) is 25.7 Å². The molecular weight excluding hydrogens is 214 g/mol. The van der Waals surface area contributed by atoms with Crippen molar-refractivity contribution >= 4 is 0 Å². The van der Waals surface area contributed by atoms with Gasteiger partial charge in [-0.05, 0) is 65.0 Å². The van der Waals surface area contributed by atoms with Crippen LogP contribution in [0.15, 0.2) is 0 Å². The first kappa shape index (κ1) is 16.8. The van der Waals surface area contributed by atoms with E-state index in [9.17, 15) is 0 Å². The molecule has 5 heteroatoms. The molecular formula is C12H31N5. The maximum Gasteiger partial charge on any atom is 0.00772 e. The number of hydrogen-bond acceptors (Lipinski definition) is 5. The first-order valence-corrected chi connectivity index (χ1v) is 6.88. The van der Waals surface area contributed by atoms with Gasteiger partial charge in [-0.3, -0.25) is 0 Å². The number of rotatable bonds is 10. The van der Waals surface area contributed by atoms with Crippen molar-refractivity contribution in [3.05, 3.63) is 0 Å². The Labute approximate surface area is 106 Å². The summed E-state index contributed by atoms with van der Waals surface area (Å²) in [7, 11) is 0. The summed E-state index contributed by atoms with van der Waals surface area (Å²) in [6.45, 7) is 8.17. The Morgan fingerprint density at radius 2 is 1.12 bits per heavy atom. The number of nitrogens with one attached hydrogen (secondary N) is 1. The second kappa shape index (κ2) is 13.9. The van der Waals surface area contributed by atoms with Crippen LogP contribution in [-0.4, -0.2) is 57.3 Å². The molecule has 0 aromatic heterocycles. The van der Waals surface area contributed by atoms with Gasteiger partial charge in [0.1, 0.15) is 0 Å². The molecule has 1 fully saturated rings. The number of nitrogens with zero attached hydrogens (tertiary/aromatic N) is 1. The first-order chi connectivity index (χ1) is 8.35. The van der Waals surface area contributed by atoms with Gasteiger partial charge in [0.2, 0.25) is 0 Å². The predicted octanol–water partition coefficient (Wildman–Crippen LogP) is -0.685. The lowest BCUT2D eigenvalue weighted by atomic mass is 10.2. The van der Waals surface area contributed by atoms with E-state index in [2.05, 4.69) is 10.2 Å². The first-order valence-electron chi connectivity index (χ1n) is 6.88. The normalized spacial score (nSPS) is 13.4. The SMILES string of the molecule is C1CN1.NCCCCN(CCCN)CCCN. The fraction of sp³-hybridized carbons (Fsp3) is 1.00. The zero-order valence-corrected chi connectivity index (χ0v) is 11.2. The zero-order valence-electron chi connectivity index (χ0n) is 11.2. The van der Waals surface area contributed by atoms with Gasteiger partial charge in [0, 0.05) is 13.1 Å². The molecule has 0 aliphatic carbocycles. The van der Waals surface area contributed by atoms with E-state index in [0.717, 1.165) is 58.5 Å². The molecule has 0 bridgehead atoms. The highest BCUT2D eigenvalue weighted by atomic mass is 15.1. The third-order valence-corrected chi connectivity index (χ3v) is 2.54. The maximum atomic E-state index is 5.49. The van der Waals surface area contributed by atoms with Crippen molar-refractivity contribution in [2.24, 2.45) is 17.2 Å². The molecule has 1 saturated heterocycles. The molecule has 0 radical (unpaired) electrons. The van der Waals surface area contributed by atoms with Gasteiger partial charge in [-0.25, -0.2) is 0 Å². The van der Waals surface area contributed by atoms with Gasteiger partial charge in [0.05, 0.1) is 0 Å². The zero-order chi connectivity index (χ0) is 12.8. The summed E-state index contributed by atoms with van der Waals surface area (Å²) in [4.78, 5) is 2.44. The molecule has 1 rings (SSSR count). The van der Waals surface area contributed by atoms with Gasteiger partial charge < -0.3 is 27.4 Å². The summed E-state index contributed by atoms with van der Waals surface area (Å²) in [6, 6.07) is 0. The van der Waals surface area contributed by atoms with E-state index in [-0.39, 0.29) is 0 Å².